The fraction of sp³-hybridized carbons (Fsp3) is 0.423. The van der Waals surface area contributed by atoms with Crippen LogP contribution in [0.3, 0.4) is 0 Å². The molecule has 35 heavy (non-hydrogen) atoms. The van der Waals surface area contributed by atoms with Crippen molar-refractivity contribution in [1.82, 2.24) is 30.2 Å². The SMILES string of the molecule is CN(C)CCNC(=O)c1ccc2c(c1)CN(C(=O)c1cc3c(CN4CCCC4)n[nH]c3cc1O)C2. The van der Waals surface area contributed by atoms with Gasteiger partial charge in [0.15, 0.2) is 0 Å². The van der Waals surface area contributed by atoms with Crippen molar-refractivity contribution in [3.8, 4) is 5.75 Å². The summed E-state index contributed by atoms with van der Waals surface area (Å²) in [6.07, 6.45) is 2.39. The van der Waals surface area contributed by atoms with E-state index in [1.165, 1.54) is 12.8 Å². The van der Waals surface area contributed by atoms with E-state index in [0.29, 0.717) is 25.2 Å². The number of nitrogens with zero attached hydrogens (tertiary/aromatic N) is 4. The van der Waals surface area contributed by atoms with E-state index in [0.717, 1.165) is 53.9 Å². The monoisotopic (exact) mass is 476 g/mol. The maximum atomic E-state index is 13.4. The number of benzene rings is 2. The molecule has 1 fully saturated rings. The Labute approximate surface area is 204 Å². The van der Waals surface area contributed by atoms with Crippen LogP contribution in [0, 0.1) is 0 Å². The number of amides is 2. The number of likely N-dealkylation sites (tertiary alicyclic amines) is 1. The summed E-state index contributed by atoms with van der Waals surface area (Å²) >= 11 is 0. The van der Waals surface area contributed by atoms with Crippen molar-refractivity contribution in [3.63, 3.8) is 0 Å². The van der Waals surface area contributed by atoms with E-state index in [4.69, 9.17) is 0 Å². The topological polar surface area (TPSA) is 105 Å². The van der Waals surface area contributed by atoms with Crippen molar-refractivity contribution >= 4 is 22.7 Å². The number of aromatic nitrogens is 2. The first-order chi connectivity index (χ1) is 16.9. The molecule has 5 rings (SSSR count). The number of likely N-dealkylation sites (N-methyl/N-ethyl adjacent to an activating group) is 1. The van der Waals surface area contributed by atoms with E-state index in [-0.39, 0.29) is 23.1 Å². The van der Waals surface area contributed by atoms with Crippen LogP contribution in [-0.2, 0) is 19.6 Å². The molecule has 2 amide bonds. The molecule has 9 nitrogen and oxygen atoms in total. The van der Waals surface area contributed by atoms with Crippen LogP contribution in [-0.4, -0.2) is 82.1 Å². The molecule has 1 aromatic heterocycles. The van der Waals surface area contributed by atoms with E-state index in [1.54, 1.807) is 23.1 Å². The zero-order valence-corrected chi connectivity index (χ0v) is 20.3. The molecule has 0 atom stereocenters. The summed E-state index contributed by atoms with van der Waals surface area (Å²) in [5, 5.41) is 21.9. The Kier molecular flexibility index (Phi) is 6.44. The van der Waals surface area contributed by atoms with Gasteiger partial charge >= 0.3 is 0 Å². The maximum Gasteiger partial charge on any atom is 0.258 e. The predicted octanol–water partition coefficient (Wildman–Crippen LogP) is 2.31. The van der Waals surface area contributed by atoms with Gasteiger partial charge in [-0.15, -0.1) is 0 Å². The number of fused-ring (bicyclic) bond motifs is 2. The number of hydrogen-bond acceptors (Lipinski definition) is 6. The summed E-state index contributed by atoms with van der Waals surface area (Å²) in [7, 11) is 3.92. The van der Waals surface area contributed by atoms with Gasteiger partial charge in [-0.25, -0.2) is 0 Å². The Bertz CT molecular complexity index is 1260. The molecule has 0 bridgehead atoms. The number of phenolic OH excluding ortho intramolecular Hbond substituents is 1. The fourth-order valence-corrected chi connectivity index (χ4v) is 4.90. The van der Waals surface area contributed by atoms with Crippen molar-refractivity contribution in [1.29, 1.82) is 0 Å². The van der Waals surface area contributed by atoms with Gasteiger partial charge < -0.3 is 20.2 Å². The second-order valence-corrected chi connectivity index (χ2v) is 9.77. The number of aromatic amines is 1. The number of nitrogens with one attached hydrogen (secondary N) is 2. The predicted molar refractivity (Wildman–Crippen MR) is 133 cm³/mol. The molecule has 9 heteroatoms. The zero-order chi connectivity index (χ0) is 24.5. The number of hydrogen-bond donors (Lipinski definition) is 3. The Morgan fingerprint density at radius 2 is 1.89 bits per heavy atom. The molecule has 2 aliphatic rings. The lowest BCUT2D eigenvalue weighted by Gasteiger charge is -2.17. The highest BCUT2D eigenvalue weighted by Gasteiger charge is 2.28. The average Bonchev–Trinajstić information content (AvgIpc) is 3.58. The fourth-order valence-electron chi connectivity index (χ4n) is 4.90. The van der Waals surface area contributed by atoms with Crippen LogP contribution >= 0.6 is 0 Å². The maximum absolute atomic E-state index is 13.4. The lowest BCUT2D eigenvalue weighted by molar-refractivity contribution is 0.0748. The normalized spacial score (nSPS) is 15.8. The van der Waals surface area contributed by atoms with Gasteiger partial charge in [-0.05, 0) is 69.4 Å². The molecule has 0 aliphatic carbocycles. The van der Waals surface area contributed by atoms with Gasteiger partial charge in [-0.2, -0.15) is 5.10 Å². The smallest absolute Gasteiger partial charge is 0.258 e. The molecule has 2 aliphatic heterocycles. The van der Waals surface area contributed by atoms with Gasteiger partial charge in [0.2, 0.25) is 0 Å². The second-order valence-electron chi connectivity index (χ2n) is 9.77. The summed E-state index contributed by atoms with van der Waals surface area (Å²) in [6, 6.07) is 8.92. The number of phenols is 1. The van der Waals surface area contributed by atoms with Crippen LogP contribution < -0.4 is 5.32 Å². The number of aromatic hydroxyl groups is 1. The molecular weight excluding hydrogens is 444 g/mol. The first-order valence-electron chi connectivity index (χ1n) is 12.2. The molecule has 2 aromatic carbocycles. The molecule has 0 unspecified atom stereocenters. The molecule has 3 aromatic rings. The summed E-state index contributed by atoms with van der Waals surface area (Å²) in [6.45, 7) is 5.02. The van der Waals surface area contributed by atoms with E-state index >= 15 is 0 Å². The molecular formula is C26H32N6O3. The molecule has 0 radical (unpaired) electrons. The third kappa shape index (κ3) is 4.87. The van der Waals surface area contributed by atoms with Crippen LogP contribution in [0.25, 0.3) is 10.9 Å². The highest BCUT2D eigenvalue weighted by molar-refractivity contribution is 6.01. The van der Waals surface area contributed by atoms with Gasteiger partial charge in [0.1, 0.15) is 5.75 Å². The summed E-state index contributed by atoms with van der Waals surface area (Å²) in [5.74, 6) is -0.408. The van der Waals surface area contributed by atoms with E-state index < -0.39 is 0 Å². The van der Waals surface area contributed by atoms with E-state index in [9.17, 15) is 14.7 Å². The lowest BCUT2D eigenvalue weighted by atomic mass is 10.1. The second kappa shape index (κ2) is 9.67. The molecule has 3 N–H and O–H groups in total. The van der Waals surface area contributed by atoms with E-state index in [1.807, 2.05) is 31.1 Å². The minimum atomic E-state index is -0.231. The third-order valence-electron chi connectivity index (χ3n) is 6.88. The summed E-state index contributed by atoms with van der Waals surface area (Å²) in [4.78, 5) is 32.0. The van der Waals surface area contributed by atoms with Gasteiger partial charge in [0.05, 0.1) is 16.8 Å². The molecule has 0 saturated carbocycles. The summed E-state index contributed by atoms with van der Waals surface area (Å²) in [5.41, 5.74) is 4.45. The number of H-pyrrole nitrogens is 1. The van der Waals surface area contributed by atoms with Gasteiger partial charge in [-0.3, -0.25) is 19.6 Å². The standard InChI is InChI=1S/C26H32N6O3/c1-30(2)10-7-27-25(34)17-5-6-18-14-32(15-19(18)11-17)26(35)21-12-20-22(13-24(21)33)28-29-23(20)16-31-8-3-4-9-31/h5-6,11-13,33H,3-4,7-10,14-16H2,1-2H3,(H,27,34)(H,28,29). The van der Waals surface area contributed by atoms with Crippen molar-refractivity contribution in [2.45, 2.75) is 32.5 Å². The van der Waals surface area contributed by atoms with Crippen LogP contribution in [0.15, 0.2) is 30.3 Å². The zero-order valence-electron chi connectivity index (χ0n) is 20.3. The Hall–Kier alpha value is -3.43. The van der Waals surface area contributed by atoms with Crippen LogP contribution in [0.2, 0.25) is 0 Å². The summed E-state index contributed by atoms with van der Waals surface area (Å²) < 4.78 is 0. The number of rotatable bonds is 7. The van der Waals surface area contributed by atoms with Crippen LogP contribution in [0.5, 0.6) is 5.75 Å². The van der Waals surface area contributed by atoms with Crippen molar-refractivity contribution in [2.24, 2.45) is 0 Å². The van der Waals surface area contributed by atoms with Crippen molar-refractivity contribution < 1.29 is 14.7 Å². The van der Waals surface area contributed by atoms with E-state index in [2.05, 4.69) is 20.4 Å². The Morgan fingerprint density at radius 3 is 2.66 bits per heavy atom. The highest BCUT2D eigenvalue weighted by atomic mass is 16.3. The molecule has 1 saturated heterocycles. The van der Waals surface area contributed by atoms with Gasteiger partial charge in [0.25, 0.3) is 11.8 Å². The van der Waals surface area contributed by atoms with Crippen molar-refractivity contribution in [3.05, 3.63) is 58.3 Å². The van der Waals surface area contributed by atoms with Crippen LogP contribution in [0.1, 0.15) is 50.4 Å². The first kappa shape index (κ1) is 23.3. The molecule has 0 spiro atoms. The minimum absolute atomic E-state index is 0.0595. The first-order valence-corrected chi connectivity index (χ1v) is 12.2. The quantitative estimate of drug-likeness (QED) is 0.483. The molecule has 3 heterocycles. The largest absolute Gasteiger partial charge is 0.507 e. The Balaban J connectivity index is 1.32. The third-order valence-corrected chi connectivity index (χ3v) is 6.88. The Morgan fingerprint density at radius 1 is 1.11 bits per heavy atom. The minimum Gasteiger partial charge on any atom is -0.507 e. The van der Waals surface area contributed by atoms with Crippen LogP contribution in [0.4, 0.5) is 0 Å². The number of carbonyl (C=O) groups is 2. The van der Waals surface area contributed by atoms with Crippen molar-refractivity contribution in [2.75, 3.05) is 40.3 Å². The highest BCUT2D eigenvalue weighted by Crippen LogP contribution is 2.31. The average molecular weight is 477 g/mol. The molecule has 184 valence electrons. The van der Waals surface area contributed by atoms with Gasteiger partial charge in [-0.1, -0.05) is 6.07 Å². The number of carbonyl (C=O) groups excluding carboxylic acids is 2. The van der Waals surface area contributed by atoms with Gasteiger partial charge in [0, 0.05) is 49.7 Å². The lowest BCUT2D eigenvalue weighted by Crippen LogP contribution is -2.31.